The Labute approximate surface area is 160 Å². The fourth-order valence-corrected chi connectivity index (χ4v) is 2.93. The molecule has 7 nitrogen and oxygen atoms in total. The first-order valence-corrected chi connectivity index (χ1v) is 9.58. The van der Waals surface area contributed by atoms with E-state index in [1.54, 1.807) is 7.05 Å². The van der Waals surface area contributed by atoms with Crippen LogP contribution in [-0.2, 0) is 15.9 Å². The number of aromatic nitrogens is 2. The number of nitrogens with one attached hydrogen (secondary N) is 2. The summed E-state index contributed by atoms with van der Waals surface area (Å²) < 4.78 is 13.0. The van der Waals surface area contributed by atoms with Crippen LogP contribution in [0.1, 0.15) is 18.4 Å². The van der Waals surface area contributed by atoms with Crippen LogP contribution in [0.25, 0.3) is 5.69 Å². The van der Waals surface area contributed by atoms with Crippen LogP contribution < -0.4 is 10.6 Å². The van der Waals surface area contributed by atoms with Crippen molar-refractivity contribution in [1.82, 2.24) is 20.4 Å². The van der Waals surface area contributed by atoms with Gasteiger partial charge < -0.3 is 20.1 Å². The predicted molar refractivity (Wildman–Crippen MR) is 106 cm³/mol. The first-order valence-electron chi connectivity index (χ1n) is 9.58. The minimum absolute atomic E-state index is 0.277. The molecule has 2 heterocycles. The van der Waals surface area contributed by atoms with Crippen molar-refractivity contribution < 1.29 is 9.47 Å². The molecule has 1 unspecified atom stereocenters. The van der Waals surface area contributed by atoms with E-state index in [1.165, 1.54) is 5.56 Å². The predicted octanol–water partition coefficient (Wildman–Crippen LogP) is 1.78. The van der Waals surface area contributed by atoms with Gasteiger partial charge in [0.2, 0.25) is 0 Å². The van der Waals surface area contributed by atoms with Crippen molar-refractivity contribution in [3.63, 3.8) is 0 Å². The lowest BCUT2D eigenvalue weighted by Crippen LogP contribution is -2.39. The molecule has 0 aliphatic carbocycles. The van der Waals surface area contributed by atoms with E-state index in [-0.39, 0.29) is 6.10 Å². The summed E-state index contributed by atoms with van der Waals surface area (Å²) in [4.78, 5) is 4.26. The lowest BCUT2D eigenvalue weighted by molar-refractivity contribution is 0.0420. The zero-order valence-corrected chi connectivity index (χ0v) is 15.9. The zero-order chi connectivity index (χ0) is 18.7. The molecule has 27 heavy (non-hydrogen) atoms. The van der Waals surface area contributed by atoms with Crippen molar-refractivity contribution in [3.8, 4) is 5.69 Å². The summed E-state index contributed by atoms with van der Waals surface area (Å²) in [6, 6.07) is 10.1. The van der Waals surface area contributed by atoms with Crippen LogP contribution in [0.4, 0.5) is 0 Å². The van der Waals surface area contributed by atoms with Gasteiger partial charge in [-0.1, -0.05) is 18.2 Å². The molecule has 0 bridgehead atoms. The maximum Gasteiger partial charge on any atom is 0.190 e. The van der Waals surface area contributed by atoms with Crippen molar-refractivity contribution in [2.24, 2.45) is 4.99 Å². The summed E-state index contributed by atoms with van der Waals surface area (Å²) in [6.07, 6.45) is 7.10. The summed E-state index contributed by atoms with van der Waals surface area (Å²) in [6.45, 7) is 3.94. The zero-order valence-electron chi connectivity index (χ0n) is 15.9. The van der Waals surface area contributed by atoms with Gasteiger partial charge in [-0.15, -0.1) is 0 Å². The minimum atomic E-state index is 0.277. The largest absolute Gasteiger partial charge is 0.379 e. The Morgan fingerprint density at radius 3 is 2.93 bits per heavy atom. The van der Waals surface area contributed by atoms with E-state index in [4.69, 9.17) is 9.47 Å². The van der Waals surface area contributed by atoms with Gasteiger partial charge in [0.15, 0.2) is 5.96 Å². The van der Waals surface area contributed by atoms with Crippen LogP contribution in [0.3, 0.4) is 0 Å². The Kier molecular flexibility index (Phi) is 7.68. The molecule has 1 fully saturated rings. The van der Waals surface area contributed by atoms with E-state index in [1.807, 2.05) is 41.2 Å². The second-order valence-electron chi connectivity index (χ2n) is 6.51. The van der Waals surface area contributed by atoms with Crippen LogP contribution >= 0.6 is 0 Å². The maximum absolute atomic E-state index is 5.76. The molecule has 1 aromatic carbocycles. The molecule has 1 aromatic heterocycles. The Morgan fingerprint density at radius 2 is 2.15 bits per heavy atom. The van der Waals surface area contributed by atoms with Gasteiger partial charge in [-0.2, -0.15) is 5.10 Å². The van der Waals surface area contributed by atoms with Crippen LogP contribution in [0, 0.1) is 0 Å². The van der Waals surface area contributed by atoms with E-state index in [2.05, 4.69) is 26.9 Å². The summed E-state index contributed by atoms with van der Waals surface area (Å²) in [7, 11) is 1.79. The standard InChI is InChI=1S/C20H29N5O2/c1-21-20(22-10-5-12-27-19-9-13-26-16-19)23-11-8-17-14-24-25(15-17)18-6-3-2-4-7-18/h2-4,6-7,14-15,19H,5,8-13,16H2,1H3,(H2,21,22,23). The number of benzene rings is 1. The fraction of sp³-hybridized carbons (Fsp3) is 0.500. The van der Waals surface area contributed by atoms with Gasteiger partial charge in [0.25, 0.3) is 0 Å². The van der Waals surface area contributed by atoms with Crippen LogP contribution in [-0.4, -0.2) is 61.8 Å². The quantitative estimate of drug-likeness (QED) is 0.399. The highest BCUT2D eigenvalue weighted by molar-refractivity contribution is 5.79. The first-order chi connectivity index (χ1) is 13.3. The monoisotopic (exact) mass is 371 g/mol. The van der Waals surface area contributed by atoms with Crippen molar-refractivity contribution >= 4 is 5.96 Å². The van der Waals surface area contributed by atoms with Gasteiger partial charge in [0.1, 0.15) is 0 Å². The average molecular weight is 371 g/mol. The number of hydrogen-bond donors (Lipinski definition) is 2. The average Bonchev–Trinajstić information content (AvgIpc) is 3.39. The minimum Gasteiger partial charge on any atom is -0.379 e. The molecular formula is C20H29N5O2. The molecule has 0 saturated carbocycles. The third-order valence-corrected chi connectivity index (χ3v) is 4.44. The molecule has 1 saturated heterocycles. The fourth-order valence-electron chi connectivity index (χ4n) is 2.93. The molecule has 2 N–H and O–H groups in total. The van der Waals surface area contributed by atoms with E-state index >= 15 is 0 Å². The number of aliphatic imine (C=N–C) groups is 1. The number of guanidine groups is 1. The third kappa shape index (κ3) is 6.37. The molecule has 3 rings (SSSR count). The topological polar surface area (TPSA) is 72.7 Å². The highest BCUT2D eigenvalue weighted by atomic mass is 16.5. The molecule has 1 aliphatic heterocycles. The molecule has 146 valence electrons. The number of para-hydroxylation sites is 1. The Balaban J connectivity index is 1.31. The van der Waals surface area contributed by atoms with Crippen molar-refractivity contribution in [2.75, 3.05) is 40.0 Å². The Morgan fingerprint density at radius 1 is 1.30 bits per heavy atom. The Hall–Kier alpha value is -2.38. The molecule has 0 radical (unpaired) electrons. The second kappa shape index (κ2) is 10.7. The van der Waals surface area contributed by atoms with Crippen LogP contribution in [0.2, 0.25) is 0 Å². The van der Waals surface area contributed by atoms with Crippen molar-refractivity contribution in [3.05, 3.63) is 48.3 Å². The normalized spacial score (nSPS) is 17.2. The van der Waals surface area contributed by atoms with Gasteiger partial charge in [0.05, 0.1) is 24.6 Å². The molecule has 1 atom stereocenters. The summed E-state index contributed by atoms with van der Waals surface area (Å²) >= 11 is 0. The van der Waals surface area contributed by atoms with Crippen molar-refractivity contribution in [1.29, 1.82) is 0 Å². The highest BCUT2D eigenvalue weighted by Crippen LogP contribution is 2.08. The third-order valence-electron chi connectivity index (χ3n) is 4.44. The molecule has 0 spiro atoms. The van der Waals surface area contributed by atoms with Gasteiger partial charge in [-0.05, 0) is 37.0 Å². The van der Waals surface area contributed by atoms with Crippen LogP contribution in [0.15, 0.2) is 47.7 Å². The van der Waals surface area contributed by atoms with Crippen LogP contribution in [0.5, 0.6) is 0 Å². The SMILES string of the molecule is CN=C(NCCCOC1CCOC1)NCCc1cnn(-c2ccccc2)c1. The lowest BCUT2D eigenvalue weighted by Gasteiger charge is -2.13. The summed E-state index contributed by atoms with van der Waals surface area (Å²) in [5, 5.41) is 11.1. The van der Waals surface area contributed by atoms with E-state index in [9.17, 15) is 0 Å². The molecular weight excluding hydrogens is 342 g/mol. The van der Waals surface area contributed by atoms with Gasteiger partial charge in [0, 0.05) is 39.5 Å². The number of ether oxygens (including phenoxy) is 2. The van der Waals surface area contributed by atoms with Crippen molar-refractivity contribution in [2.45, 2.75) is 25.4 Å². The molecule has 1 aliphatic rings. The number of nitrogens with zero attached hydrogens (tertiary/aromatic N) is 3. The summed E-state index contributed by atoms with van der Waals surface area (Å²) in [5.74, 6) is 0.814. The van der Waals surface area contributed by atoms with E-state index in [0.717, 1.165) is 63.8 Å². The van der Waals surface area contributed by atoms with Gasteiger partial charge >= 0.3 is 0 Å². The smallest absolute Gasteiger partial charge is 0.190 e. The van der Waals surface area contributed by atoms with Gasteiger partial charge in [-0.3, -0.25) is 4.99 Å². The summed E-state index contributed by atoms with van der Waals surface area (Å²) in [5.41, 5.74) is 2.26. The van der Waals surface area contributed by atoms with Gasteiger partial charge in [-0.25, -0.2) is 4.68 Å². The van der Waals surface area contributed by atoms with E-state index in [0.29, 0.717) is 0 Å². The highest BCUT2D eigenvalue weighted by Gasteiger charge is 2.15. The number of rotatable bonds is 9. The Bertz CT molecular complexity index is 695. The second-order valence-corrected chi connectivity index (χ2v) is 6.51. The lowest BCUT2D eigenvalue weighted by atomic mass is 10.2. The molecule has 0 amide bonds. The molecule has 7 heteroatoms. The first kappa shape index (κ1) is 19.4. The maximum atomic E-state index is 5.76. The van der Waals surface area contributed by atoms with E-state index < -0.39 is 0 Å². The number of hydrogen-bond acceptors (Lipinski definition) is 4. The molecule has 2 aromatic rings.